The number of nitrogens with zero attached hydrogens (tertiary/aromatic N) is 7. The van der Waals surface area contributed by atoms with Crippen LogP contribution in [0.2, 0.25) is 0 Å². The third kappa shape index (κ3) is 32.0. The highest BCUT2D eigenvalue weighted by atomic mass is 35.5. The number of anilines is 2. The van der Waals surface area contributed by atoms with Crippen molar-refractivity contribution < 1.29 is 88.2 Å². The lowest BCUT2D eigenvalue weighted by atomic mass is 10.2. The van der Waals surface area contributed by atoms with Crippen molar-refractivity contribution in [3.8, 4) is 23.0 Å². The van der Waals surface area contributed by atoms with Crippen molar-refractivity contribution in [1.29, 1.82) is 0 Å². The Kier molecular flexibility index (Phi) is 32.7. The van der Waals surface area contributed by atoms with Crippen LogP contribution in [0.1, 0.15) is 74.1 Å². The summed E-state index contributed by atoms with van der Waals surface area (Å²) in [6, 6.07) is 16.8. The molecule has 96 heavy (non-hydrogen) atoms. The van der Waals surface area contributed by atoms with Crippen molar-refractivity contribution in [3.63, 3.8) is 0 Å². The second kappa shape index (κ2) is 38.6. The Balaban J connectivity index is 0.000000307. The van der Waals surface area contributed by atoms with Crippen LogP contribution in [0.25, 0.3) is 0 Å². The number of halogens is 10. The molecule has 0 radical (unpaired) electrons. The third-order valence-electron chi connectivity index (χ3n) is 12.5. The standard InChI is InChI=1S/C16H16F2N4O3.C15H19F2NO3.C10H11F2NO.C9H17NO3.C6H4F2O.C5H7N3O.C2H3ClO.ClH/c1-21-15(23)3-2-14(20-21)19-16(24)22-5-4-12(9-22)25-13-7-10(17)6-11(18)8-13;1-15(2,3)21-14(19)18-5-4-12(9-18)20-13-7-10(16)6-11(17)8-13;11-7-3-8(12)5-10(4-7)14-9-1-2-13-6-9;1-9(2,3)13-8(12)10-5-4-7(11)6-10;7-4-1-5(8)3-6(9)2-4;1-8-5(9)3-2-4(6)7-8;1-2(3)4;/h2-3,6-8,12H,4-5,9H2,1H3,(H,19,20,24);6-8,12H,4-5,9H2,1-3H3;3-5,9,13H,1-2,6H2;7,11H,4-6H2,1-3H3;1-3,9H;2-3H,1H3,(H2,6,7);1H3;1H/t2*12-;9-;7-;;;;/m0001..../s1. The predicted molar refractivity (Wildman–Crippen MR) is 341 cm³/mol. The first-order valence-electron chi connectivity index (χ1n) is 29.3. The zero-order chi connectivity index (χ0) is 70.9. The van der Waals surface area contributed by atoms with E-state index in [1.807, 2.05) is 20.8 Å². The molecule has 2 aromatic heterocycles. The molecule has 0 bridgehead atoms. The van der Waals surface area contributed by atoms with Gasteiger partial charge in [0, 0.05) is 152 Å². The van der Waals surface area contributed by atoms with Crippen LogP contribution in [0.15, 0.2) is 107 Å². The van der Waals surface area contributed by atoms with E-state index in [1.54, 1.807) is 27.8 Å². The van der Waals surface area contributed by atoms with Gasteiger partial charge < -0.3 is 59.6 Å². The number of aliphatic hydroxyl groups is 1. The number of amides is 4. The molecule has 4 fully saturated rings. The van der Waals surface area contributed by atoms with Crippen molar-refractivity contribution in [1.82, 2.24) is 39.6 Å². The van der Waals surface area contributed by atoms with Gasteiger partial charge in [0.2, 0.25) is 5.24 Å². The number of carbonyl (C=O) groups is 4. The number of carbonyl (C=O) groups excluding carboxylic acids is 4. The topological polar surface area (TPSA) is 284 Å². The summed E-state index contributed by atoms with van der Waals surface area (Å²) >= 11 is 4.64. The summed E-state index contributed by atoms with van der Waals surface area (Å²) in [4.78, 5) is 71.2. The molecule has 6 heterocycles. The van der Waals surface area contributed by atoms with Gasteiger partial charge in [0.15, 0.2) is 5.82 Å². The molecular weight excluding hydrogens is 1330 g/mol. The number of aryl methyl sites for hydroxylation is 2. The molecular formula is C63H78Cl2F8N10O13. The largest absolute Gasteiger partial charge is 0.508 e. The Morgan fingerprint density at radius 1 is 0.562 bits per heavy atom. The summed E-state index contributed by atoms with van der Waals surface area (Å²) in [5.41, 5.74) is 3.82. The number of benzene rings is 4. The number of β-amino-alcohol motifs (C(OH)–C–C–N with tert-alkyl or cyclic N) is 1. The Morgan fingerprint density at radius 3 is 1.28 bits per heavy atom. The van der Waals surface area contributed by atoms with Gasteiger partial charge in [0.1, 0.15) is 105 Å². The Bertz CT molecular complexity index is 3520. The second-order valence-electron chi connectivity index (χ2n) is 23.3. The quantitative estimate of drug-likeness (QED) is 0.0734. The number of nitrogens with two attached hydrogens (primary N) is 1. The van der Waals surface area contributed by atoms with Crippen molar-refractivity contribution in [2.75, 3.05) is 63.4 Å². The number of urea groups is 1. The zero-order valence-corrected chi connectivity index (χ0v) is 55.5. The van der Waals surface area contributed by atoms with Crippen LogP contribution in [0.5, 0.6) is 23.0 Å². The van der Waals surface area contributed by atoms with E-state index in [0.717, 1.165) is 78.8 Å². The van der Waals surface area contributed by atoms with E-state index in [9.17, 15) is 69.0 Å². The Morgan fingerprint density at radius 2 is 0.927 bits per heavy atom. The molecule has 4 amide bonds. The molecule has 6 N–H and O–H groups in total. The van der Waals surface area contributed by atoms with Crippen molar-refractivity contribution >= 4 is 59.1 Å². The number of rotatable bonds is 7. The molecule has 0 spiro atoms. The second-order valence-corrected chi connectivity index (χ2v) is 23.8. The molecule has 6 aromatic rings. The zero-order valence-electron chi connectivity index (χ0n) is 53.9. The van der Waals surface area contributed by atoms with E-state index in [0.29, 0.717) is 63.9 Å². The minimum Gasteiger partial charge on any atom is -0.508 e. The number of nitrogen functional groups attached to an aromatic ring is 1. The van der Waals surface area contributed by atoms with Gasteiger partial charge in [-0.3, -0.25) is 19.7 Å². The van der Waals surface area contributed by atoms with E-state index < -0.39 is 69.6 Å². The van der Waals surface area contributed by atoms with E-state index in [2.05, 4.69) is 32.4 Å². The third-order valence-corrected chi connectivity index (χ3v) is 12.5. The maximum Gasteiger partial charge on any atom is 0.410 e. The van der Waals surface area contributed by atoms with E-state index in [-0.39, 0.29) is 94.9 Å². The van der Waals surface area contributed by atoms with Gasteiger partial charge >= 0.3 is 18.2 Å². The van der Waals surface area contributed by atoms with Gasteiger partial charge in [-0.05, 0) is 84.7 Å². The van der Waals surface area contributed by atoms with Crippen molar-refractivity contribution in [2.24, 2.45) is 14.1 Å². The number of phenolic OH excluding ortho intramolecular Hbond substituents is 1. The summed E-state index contributed by atoms with van der Waals surface area (Å²) in [6.45, 7) is 16.3. The Labute approximate surface area is 559 Å². The molecule has 4 aromatic carbocycles. The molecule has 0 unspecified atom stereocenters. The molecule has 4 aliphatic heterocycles. The molecule has 0 aliphatic carbocycles. The minimum atomic E-state index is -0.771. The van der Waals surface area contributed by atoms with Crippen molar-refractivity contribution in [3.05, 3.63) is 164 Å². The predicted octanol–water partition coefficient (Wildman–Crippen LogP) is 10.0. The van der Waals surface area contributed by atoms with Crippen molar-refractivity contribution in [2.45, 2.75) is 110 Å². The van der Waals surface area contributed by atoms with Gasteiger partial charge in [-0.2, -0.15) is 10.2 Å². The lowest BCUT2D eigenvalue weighted by molar-refractivity contribution is -0.109. The molecule has 33 heteroatoms. The number of nitrogens with one attached hydrogen (secondary N) is 2. The van der Waals surface area contributed by atoms with Crippen LogP contribution >= 0.6 is 24.0 Å². The first-order chi connectivity index (χ1) is 44.4. The normalized spacial score (nSPS) is 16.8. The van der Waals surface area contributed by atoms with Crippen LogP contribution in [-0.4, -0.2) is 156 Å². The van der Waals surface area contributed by atoms with Gasteiger partial charge in [0.05, 0.1) is 19.2 Å². The molecule has 4 atom stereocenters. The van der Waals surface area contributed by atoms with Gasteiger partial charge in [-0.15, -0.1) is 12.4 Å². The fourth-order valence-electron chi connectivity index (χ4n) is 8.47. The number of hydrogen-bond acceptors (Lipinski definition) is 17. The van der Waals surface area contributed by atoms with Crippen LogP contribution in [0.4, 0.5) is 61.1 Å². The summed E-state index contributed by atoms with van der Waals surface area (Å²) in [5.74, 6) is -4.87. The highest BCUT2D eigenvalue weighted by Crippen LogP contribution is 2.25. The first-order valence-corrected chi connectivity index (χ1v) is 29.7. The lowest BCUT2D eigenvalue weighted by Gasteiger charge is -2.24. The molecule has 4 saturated heterocycles. The Hall–Kier alpha value is -8.94. The SMILES string of the molecule is CC(=O)Cl.CC(C)(C)OC(=O)N1CC[C@@H](O)C1.CC(C)(C)OC(=O)N1CC[C@H](Oc2cc(F)cc(F)c2)C1.Cl.Cn1nc(N)ccc1=O.Cn1nc(NC(=O)N2CC[C@H](Oc3cc(F)cc(F)c3)C2)ccc1=O.Fc1cc(F)cc(O[C@H]2CCNC2)c1.Oc1cc(F)cc(F)c1. The van der Waals surface area contributed by atoms with Gasteiger partial charge in [0.25, 0.3) is 11.1 Å². The minimum absolute atomic E-state index is 0. The number of likely N-dealkylation sites (tertiary alicyclic amines) is 3. The van der Waals surface area contributed by atoms with Crippen LogP contribution in [0, 0.1) is 46.5 Å². The number of aromatic nitrogens is 4. The maximum absolute atomic E-state index is 13.2. The van der Waals surface area contributed by atoms with E-state index in [4.69, 9.17) is 34.5 Å². The van der Waals surface area contributed by atoms with Crippen LogP contribution < -0.4 is 41.7 Å². The molecule has 10 rings (SSSR count). The van der Waals surface area contributed by atoms with E-state index in [1.165, 1.54) is 69.8 Å². The summed E-state index contributed by atoms with van der Waals surface area (Å²) in [7, 11) is 3.04. The molecule has 4 aliphatic rings. The molecule has 23 nitrogen and oxygen atoms in total. The number of aliphatic hydroxyl groups excluding tert-OH is 1. The molecule has 0 saturated carbocycles. The summed E-state index contributed by atoms with van der Waals surface area (Å²) in [5, 5.41) is 30.6. The van der Waals surface area contributed by atoms with Gasteiger partial charge in [-0.1, -0.05) is 0 Å². The van der Waals surface area contributed by atoms with Crippen LogP contribution in [-0.2, 0) is 28.4 Å². The van der Waals surface area contributed by atoms with Crippen LogP contribution in [0.3, 0.4) is 0 Å². The highest BCUT2D eigenvalue weighted by Gasteiger charge is 2.32. The fourth-order valence-corrected chi connectivity index (χ4v) is 8.47. The fraction of sp³-hybridized carbons (Fsp3) is 0.429. The summed E-state index contributed by atoms with van der Waals surface area (Å²) in [6.07, 6.45) is 0.909. The highest BCUT2D eigenvalue weighted by molar-refractivity contribution is 6.62. The maximum atomic E-state index is 13.2. The lowest BCUT2D eigenvalue weighted by Crippen LogP contribution is -2.36. The van der Waals surface area contributed by atoms with Gasteiger partial charge in [-0.25, -0.2) is 58.9 Å². The number of aromatic hydroxyl groups is 1. The average molecular weight is 1410 g/mol. The van der Waals surface area contributed by atoms with E-state index >= 15 is 0 Å². The summed E-state index contributed by atoms with van der Waals surface area (Å²) < 4.78 is 131. The molecule has 528 valence electrons. The monoisotopic (exact) mass is 1400 g/mol. The first kappa shape index (κ1) is 81.3. The number of ether oxygens (including phenoxy) is 5. The number of phenols is 1. The average Bonchev–Trinajstić information content (AvgIpc) is 2.04. The number of hydrogen-bond donors (Lipinski definition) is 5. The smallest absolute Gasteiger partial charge is 0.410 e.